The van der Waals surface area contributed by atoms with E-state index in [-0.39, 0.29) is 17.7 Å². The summed E-state index contributed by atoms with van der Waals surface area (Å²) in [5.74, 6) is -1.68. The second kappa shape index (κ2) is 5.22. The van der Waals surface area contributed by atoms with Crippen LogP contribution in [-0.4, -0.2) is 15.6 Å². The minimum absolute atomic E-state index is 0.0471. The molecule has 0 amide bonds. The average molecular weight is 294 g/mol. The number of carboxylic acid groups (broad SMARTS) is 1. The van der Waals surface area contributed by atoms with Gasteiger partial charge in [0.25, 0.3) is 0 Å². The fourth-order valence-electron chi connectivity index (χ4n) is 2.29. The zero-order valence-electron chi connectivity index (χ0n) is 11.3. The summed E-state index contributed by atoms with van der Waals surface area (Å²) in [7, 11) is 0. The molecule has 0 aliphatic rings. The Labute approximate surface area is 124 Å². The molecular weight excluding hydrogens is 284 g/mol. The molecule has 0 bridgehead atoms. The molecule has 0 aliphatic heterocycles. The Morgan fingerprint density at radius 3 is 2.77 bits per heavy atom. The fraction of sp³-hybridized carbons (Fsp3) is 0.0625. The molecule has 1 aromatic heterocycles. The lowest BCUT2D eigenvalue weighted by Gasteiger charge is -2.04. The number of fused-ring (bicyclic) bond motifs is 1. The third-order valence-corrected chi connectivity index (χ3v) is 3.38. The molecule has 0 fully saturated rings. The van der Waals surface area contributed by atoms with E-state index in [9.17, 15) is 9.59 Å². The van der Waals surface area contributed by atoms with Gasteiger partial charge in [0, 0.05) is 0 Å². The van der Waals surface area contributed by atoms with E-state index in [1.54, 1.807) is 24.3 Å². The van der Waals surface area contributed by atoms with Crippen LogP contribution in [0.4, 0.5) is 0 Å². The highest BCUT2D eigenvalue weighted by Crippen LogP contribution is 2.17. The summed E-state index contributed by atoms with van der Waals surface area (Å²) in [4.78, 5) is 22.9. The third-order valence-electron chi connectivity index (χ3n) is 3.38. The number of hydrogen-bond donors (Lipinski definition) is 1. The van der Waals surface area contributed by atoms with Crippen molar-refractivity contribution in [3.63, 3.8) is 0 Å². The molecule has 3 aromatic rings. The van der Waals surface area contributed by atoms with E-state index >= 15 is 0 Å². The molecule has 0 atom stereocenters. The molecule has 6 heteroatoms. The molecule has 0 saturated heterocycles. The Hall–Kier alpha value is -3.33. The summed E-state index contributed by atoms with van der Waals surface area (Å²) in [5, 5.41) is 18.1. The normalized spacial score (nSPS) is 10.5. The van der Waals surface area contributed by atoms with Gasteiger partial charge in [-0.3, -0.25) is 4.57 Å². The molecule has 1 heterocycles. The first-order valence-corrected chi connectivity index (χ1v) is 6.45. The van der Waals surface area contributed by atoms with E-state index in [0.29, 0.717) is 16.6 Å². The number of benzene rings is 2. The molecule has 6 nitrogen and oxygen atoms in total. The van der Waals surface area contributed by atoms with Gasteiger partial charge in [-0.1, -0.05) is 18.2 Å². The van der Waals surface area contributed by atoms with Gasteiger partial charge in [0.1, 0.15) is 0 Å². The highest BCUT2D eigenvalue weighted by molar-refractivity contribution is 5.91. The van der Waals surface area contributed by atoms with Crippen molar-refractivity contribution >= 4 is 17.1 Å². The SMILES string of the molecule is N#Cc1ccccc1Cn1c(=O)oc2cc(C(=O)O)ccc21. The molecule has 0 aliphatic carbocycles. The lowest BCUT2D eigenvalue weighted by Crippen LogP contribution is -2.15. The molecule has 108 valence electrons. The van der Waals surface area contributed by atoms with E-state index in [1.165, 1.54) is 22.8 Å². The lowest BCUT2D eigenvalue weighted by atomic mass is 10.1. The topological polar surface area (TPSA) is 96.2 Å². The van der Waals surface area contributed by atoms with Crippen LogP contribution in [0.5, 0.6) is 0 Å². The van der Waals surface area contributed by atoms with Crippen LogP contribution in [0.15, 0.2) is 51.7 Å². The molecule has 22 heavy (non-hydrogen) atoms. The first-order chi connectivity index (χ1) is 10.6. The Balaban J connectivity index is 2.12. The van der Waals surface area contributed by atoms with Crippen LogP contribution in [0.3, 0.4) is 0 Å². The van der Waals surface area contributed by atoms with E-state index in [2.05, 4.69) is 6.07 Å². The Morgan fingerprint density at radius 2 is 2.05 bits per heavy atom. The number of rotatable bonds is 3. The van der Waals surface area contributed by atoms with Gasteiger partial charge in [0.05, 0.1) is 29.3 Å². The molecule has 3 rings (SSSR count). The van der Waals surface area contributed by atoms with Crippen molar-refractivity contribution in [1.29, 1.82) is 5.26 Å². The minimum Gasteiger partial charge on any atom is -0.478 e. The van der Waals surface area contributed by atoms with Crippen molar-refractivity contribution in [2.75, 3.05) is 0 Å². The van der Waals surface area contributed by atoms with Crippen LogP contribution in [-0.2, 0) is 6.54 Å². The number of carbonyl (C=O) groups is 1. The molecular formula is C16H10N2O4. The van der Waals surface area contributed by atoms with Crippen LogP contribution in [0, 0.1) is 11.3 Å². The number of carboxylic acids is 1. The molecule has 0 spiro atoms. The minimum atomic E-state index is -1.09. The largest absolute Gasteiger partial charge is 0.478 e. The van der Waals surface area contributed by atoms with Gasteiger partial charge >= 0.3 is 11.7 Å². The predicted molar refractivity (Wildman–Crippen MR) is 77.7 cm³/mol. The first kappa shape index (κ1) is 13.6. The van der Waals surface area contributed by atoms with E-state index in [4.69, 9.17) is 14.8 Å². The Kier molecular flexibility index (Phi) is 3.24. The number of hydrogen-bond acceptors (Lipinski definition) is 4. The smallest absolute Gasteiger partial charge is 0.420 e. The monoisotopic (exact) mass is 294 g/mol. The van der Waals surface area contributed by atoms with Gasteiger partial charge in [-0.05, 0) is 29.8 Å². The summed E-state index contributed by atoms with van der Waals surface area (Å²) in [6.45, 7) is 0.183. The number of oxazole rings is 1. The standard InChI is InChI=1S/C16H10N2O4/c17-8-11-3-1-2-4-12(11)9-18-13-6-5-10(15(19)20)7-14(13)22-16(18)21/h1-7H,9H2,(H,19,20). The molecule has 0 radical (unpaired) electrons. The average Bonchev–Trinajstić information content (AvgIpc) is 2.83. The summed E-state index contributed by atoms with van der Waals surface area (Å²) in [6.07, 6.45) is 0. The number of nitrogens with zero attached hydrogens (tertiary/aromatic N) is 2. The van der Waals surface area contributed by atoms with Crippen molar-refractivity contribution in [2.45, 2.75) is 6.54 Å². The summed E-state index contributed by atoms with van der Waals surface area (Å²) in [5.41, 5.74) is 1.91. The Morgan fingerprint density at radius 1 is 1.27 bits per heavy atom. The van der Waals surface area contributed by atoms with E-state index in [0.717, 1.165) is 0 Å². The zero-order chi connectivity index (χ0) is 15.7. The maximum Gasteiger partial charge on any atom is 0.420 e. The number of aromatic nitrogens is 1. The molecule has 2 aromatic carbocycles. The zero-order valence-corrected chi connectivity index (χ0v) is 11.3. The van der Waals surface area contributed by atoms with Crippen LogP contribution >= 0.6 is 0 Å². The summed E-state index contributed by atoms with van der Waals surface area (Å²) < 4.78 is 6.47. The second-order valence-corrected chi connectivity index (χ2v) is 4.71. The van der Waals surface area contributed by atoms with Crippen molar-refractivity contribution < 1.29 is 14.3 Å². The van der Waals surface area contributed by atoms with Gasteiger partial charge in [0.2, 0.25) is 0 Å². The van der Waals surface area contributed by atoms with Crippen molar-refractivity contribution in [3.05, 3.63) is 69.7 Å². The lowest BCUT2D eigenvalue weighted by molar-refractivity contribution is 0.0697. The number of nitriles is 1. The maximum absolute atomic E-state index is 12.0. The summed E-state index contributed by atoms with van der Waals surface area (Å²) >= 11 is 0. The van der Waals surface area contributed by atoms with Crippen molar-refractivity contribution in [3.8, 4) is 6.07 Å². The van der Waals surface area contributed by atoms with Gasteiger partial charge in [-0.25, -0.2) is 9.59 Å². The highest BCUT2D eigenvalue weighted by Gasteiger charge is 2.13. The second-order valence-electron chi connectivity index (χ2n) is 4.71. The highest BCUT2D eigenvalue weighted by atomic mass is 16.4. The summed E-state index contributed by atoms with van der Waals surface area (Å²) in [6, 6.07) is 13.3. The molecule has 1 N–H and O–H groups in total. The van der Waals surface area contributed by atoms with Crippen LogP contribution in [0.2, 0.25) is 0 Å². The maximum atomic E-state index is 12.0. The Bertz CT molecular complexity index is 976. The molecule has 0 unspecified atom stereocenters. The third kappa shape index (κ3) is 2.25. The molecule has 0 saturated carbocycles. The van der Waals surface area contributed by atoms with Crippen LogP contribution in [0.25, 0.3) is 11.1 Å². The van der Waals surface area contributed by atoms with Gasteiger partial charge in [0.15, 0.2) is 5.58 Å². The predicted octanol–water partition coefficient (Wildman–Crippen LogP) is 2.21. The van der Waals surface area contributed by atoms with Gasteiger partial charge in [-0.2, -0.15) is 5.26 Å². The fourth-order valence-corrected chi connectivity index (χ4v) is 2.29. The van der Waals surface area contributed by atoms with Crippen LogP contribution in [0.1, 0.15) is 21.5 Å². The van der Waals surface area contributed by atoms with Gasteiger partial charge < -0.3 is 9.52 Å². The number of aromatic carboxylic acids is 1. The first-order valence-electron chi connectivity index (χ1n) is 6.45. The van der Waals surface area contributed by atoms with Crippen LogP contribution < -0.4 is 5.76 Å². The van der Waals surface area contributed by atoms with E-state index < -0.39 is 11.7 Å². The van der Waals surface area contributed by atoms with E-state index in [1.807, 2.05) is 0 Å². The van der Waals surface area contributed by atoms with Crippen molar-refractivity contribution in [2.24, 2.45) is 0 Å². The van der Waals surface area contributed by atoms with Gasteiger partial charge in [-0.15, -0.1) is 0 Å². The van der Waals surface area contributed by atoms with Crippen molar-refractivity contribution in [1.82, 2.24) is 4.57 Å². The quantitative estimate of drug-likeness (QED) is 0.798.